The zero-order valence-corrected chi connectivity index (χ0v) is 13.4. The van der Waals surface area contributed by atoms with Crippen molar-refractivity contribution in [2.75, 3.05) is 20.6 Å². The molecule has 0 spiro atoms. The summed E-state index contributed by atoms with van der Waals surface area (Å²) in [5.74, 6) is -0.530. The Bertz CT molecular complexity index is 534. The number of amidine groups is 1. The zero-order chi connectivity index (χ0) is 18.3. The third-order valence-electron chi connectivity index (χ3n) is 3.01. The molecule has 2 rings (SSSR count). The normalized spacial score (nSPS) is 25.2. The fourth-order valence-corrected chi connectivity index (χ4v) is 1.93. The minimum absolute atomic E-state index is 0.245. The molecule has 2 aliphatic rings. The van der Waals surface area contributed by atoms with Gasteiger partial charge in [-0.1, -0.05) is 5.06 Å². The molecule has 13 heteroatoms. The van der Waals surface area contributed by atoms with E-state index in [4.69, 9.17) is 4.84 Å². The van der Waals surface area contributed by atoms with Crippen LogP contribution in [0.4, 0.5) is 25.2 Å². The minimum atomic E-state index is -10.7. The Morgan fingerprint density at radius 2 is 1.48 bits per heavy atom. The second kappa shape index (κ2) is 5.22. The van der Waals surface area contributed by atoms with Gasteiger partial charge in [0.1, 0.15) is 12.6 Å². The number of carbonyl (C=O) groups excluding carboxylic acids is 2. The summed E-state index contributed by atoms with van der Waals surface area (Å²) in [7, 11) is -6.90. The molecule has 1 fully saturated rings. The van der Waals surface area contributed by atoms with E-state index in [0.29, 0.717) is 12.1 Å². The molecule has 0 saturated carbocycles. The van der Waals surface area contributed by atoms with Gasteiger partial charge >= 0.3 is 39.0 Å². The van der Waals surface area contributed by atoms with Crippen molar-refractivity contribution >= 4 is 25.6 Å². The third kappa shape index (κ3) is 7.02. The predicted molar refractivity (Wildman–Crippen MR) is 69.0 cm³/mol. The van der Waals surface area contributed by atoms with Gasteiger partial charge in [0.2, 0.25) is 0 Å². The summed E-state index contributed by atoms with van der Waals surface area (Å²) in [6.45, 7) is 2.88. The Labute approximate surface area is 127 Å². The molecular formula is C10H16F6N3O3P. The Hall–Kier alpha value is -1.58. The fraction of sp³-hybridized carbons (Fsp3) is 0.700. The SMILES string of the molecule is CC1C[N+](C)=C(ON2C(=O)CCC2=O)N1C.F[P-](F)(F)(F)(F)F. The van der Waals surface area contributed by atoms with Gasteiger partial charge in [-0.25, -0.2) is 9.48 Å². The molecule has 1 saturated heterocycles. The summed E-state index contributed by atoms with van der Waals surface area (Å²) in [6.07, 6.45) is 0.490. The zero-order valence-electron chi connectivity index (χ0n) is 12.5. The predicted octanol–water partition coefficient (Wildman–Crippen LogP) is 2.78. The van der Waals surface area contributed by atoms with E-state index in [2.05, 4.69) is 6.92 Å². The summed E-state index contributed by atoms with van der Waals surface area (Å²) in [5.41, 5.74) is 0. The van der Waals surface area contributed by atoms with Crippen LogP contribution in [0.3, 0.4) is 0 Å². The number of amides is 2. The van der Waals surface area contributed by atoms with Gasteiger partial charge in [-0.15, -0.1) is 0 Å². The number of carbonyl (C=O) groups is 2. The number of halogens is 6. The molecule has 0 aromatic carbocycles. The molecular weight excluding hydrogens is 355 g/mol. The van der Waals surface area contributed by atoms with Crippen LogP contribution < -0.4 is 0 Å². The Balaban J connectivity index is 0.000000322. The molecule has 136 valence electrons. The number of hydrogen-bond donors (Lipinski definition) is 0. The molecule has 1 atom stereocenters. The summed E-state index contributed by atoms with van der Waals surface area (Å²) in [4.78, 5) is 30.1. The van der Waals surface area contributed by atoms with Crippen molar-refractivity contribution in [2.24, 2.45) is 0 Å². The molecule has 6 nitrogen and oxygen atoms in total. The summed E-state index contributed by atoms with van der Waals surface area (Å²) in [5, 5.41) is 0.875. The van der Waals surface area contributed by atoms with Crippen molar-refractivity contribution in [3.8, 4) is 0 Å². The molecule has 0 bridgehead atoms. The first-order valence-electron chi connectivity index (χ1n) is 6.37. The standard InChI is InChI=1S/C10H16N3O3.F6P/c1-7-6-11(2)10(12(7)3)16-13-8(14)4-5-9(13)15;1-7(2,3,4,5)6/h7H,4-6H2,1-3H3;/q+1;-1. The van der Waals surface area contributed by atoms with E-state index in [9.17, 15) is 34.8 Å². The second-order valence-corrected chi connectivity index (χ2v) is 7.17. The van der Waals surface area contributed by atoms with Gasteiger partial charge in [0.05, 0.1) is 14.1 Å². The van der Waals surface area contributed by atoms with Crippen LogP contribution in [0.5, 0.6) is 0 Å². The van der Waals surface area contributed by atoms with Gasteiger partial charge in [0, 0.05) is 12.8 Å². The number of rotatable bonds is 1. The van der Waals surface area contributed by atoms with Gasteiger partial charge < -0.3 is 0 Å². The fourth-order valence-electron chi connectivity index (χ4n) is 1.93. The number of hydrogen-bond acceptors (Lipinski definition) is 4. The number of hydroxylamine groups is 2. The molecule has 23 heavy (non-hydrogen) atoms. The molecule has 2 amide bonds. The number of likely N-dealkylation sites (N-methyl/N-ethyl adjacent to an activating group) is 2. The second-order valence-electron chi connectivity index (χ2n) is 5.25. The first kappa shape index (κ1) is 19.5. The maximum atomic E-state index is 11.4. The number of nitrogens with zero attached hydrogens (tertiary/aromatic N) is 3. The Kier molecular flexibility index (Phi) is 4.42. The molecule has 0 aromatic heterocycles. The quantitative estimate of drug-likeness (QED) is 0.308. The third-order valence-corrected chi connectivity index (χ3v) is 3.01. The topological polar surface area (TPSA) is 52.9 Å². The summed E-state index contributed by atoms with van der Waals surface area (Å²) < 4.78 is 61.1. The van der Waals surface area contributed by atoms with E-state index in [0.717, 1.165) is 11.6 Å². The first-order chi connectivity index (χ1) is 9.95. The average Bonchev–Trinajstić information content (AvgIpc) is 2.72. The van der Waals surface area contributed by atoms with Crippen LogP contribution in [0.25, 0.3) is 0 Å². The van der Waals surface area contributed by atoms with Crippen LogP contribution in [0.1, 0.15) is 19.8 Å². The molecule has 1 unspecified atom stereocenters. The van der Waals surface area contributed by atoms with Gasteiger partial charge in [-0.05, 0) is 6.92 Å². The molecule has 2 heterocycles. The first-order valence-corrected chi connectivity index (χ1v) is 8.39. The Morgan fingerprint density at radius 3 is 1.78 bits per heavy atom. The van der Waals surface area contributed by atoms with Gasteiger partial charge in [-0.2, -0.15) is 0 Å². The van der Waals surface area contributed by atoms with Gasteiger partial charge in [0.25, 0.3) is 11.8 Å². The van der Waals surface area contributed by atoms with Crippen molar-refractivity contribution in [2.45, 2.75) is 25.8 Å². The van der Waals surface area contributed by atoms with Crippen molar-refractivity contribution < 1.29 is 44.2 Å². The van der Waals surface area contributed by atoms with Crippen LogP contribution in [0.15, 0.2) is 0 Å². The maximum absolute atomic E-state index is 11.4. The number of imide groups is 1. The monoisotopic (exact) mass is 371 g/mol. The van der Waals surface area contributed by atoms with E-state index < -0.39 is 7.81 Å². The summed E-state index contributed by atoms with van der Waals surface area (Å²) >= 11 is 0. The van der Waals surface area contributed by atoms with Crippen LogP contribution in [-0.2, 0) is 14.4 Å². The summed E-state index contributed by atoms with van der Waals surface area (Å²) in [6, 6.07) is 0.865. The van der Waals surface area contributed by atoms with Crippen molar-refractivity contribution in [1.29, 1.82) is 0 Å². The van der Waals surface area contributed by atoms with Crippen molar-refractivity contribution in [1.82, 2.24) is 9.96 Å². The van der Waals surface area contributed by atoms with Crippen LogP contribution in [0.2, 0.25) is 0 Å². The van der Waals surface area contributed by atoms with E-state index in [1.165, 1.54) is 0 Å². The molecule has 0 aromatic rings. The van der Waals surface area contributed by atoms with E-state index in [1.807, 2.05) is 23.6 Å². The van der Waals surface area contributed by atoms with Crippen LogP contribution in [-0.4, -0.2) is 59.1 Å². The van der Waals surface area contributed by atoms with E-state index in [1.54, 1.807) is 0 Å². The van der Waals surface area contributed by atoms with Gasteiger partial charge in [-0.3, -0.25) is 14.4 Å². The van der Waals surface area contributed by atoms with E-state index >= 15 is 0 Å². The van der Waals surface area contributed by atoms with Crippen molar-refractivity contribution in [3.63, 3.8) is 0 Å². The molecule has 0 N–H and O–H groups in total. The molecule has 0 radical (unpaired) electrons. The van der Waals surface area contributed by atoms with Crippen LogP contribution in [0, 0.1) is 0 Å². The van der Waals surface area contributed by atoms with E-state index in [-0.39, 0.29) is 24.7 Å². The van der Waals surface area contributed by atoms with Crippen LogP contribution >= 0.6 is 7.81 Å². The van der Waals surface area contributed by atoms with Crippen molar-refractivity contribution in [3.05, 3.63) is 0 Å². The molecule has 2 aliphatic heterocycles. The van der Waals surface area contributed by atoms with Gasteiger partial charge in [0.15, 0.2) is 0 Å². The molecule has 0 aliphatic carbocycles. The average molecular weight is 371 g/mol. The Morgan fingerprint density at radius 1 is 1.09 bits per heavy atom.